The SMILES string of the molecule is Clc1cncc(OC2=CCCC=C2)c1. The third kappa shape index (κ3) is 2.36. The number of rotatable bonds is 2. The van der Waals surface area contributed by atoms with E-state index in [1.54, 1.807) is 18.5 Å². The summed E-state index contributed by atoms with van der Waals surface area (Å²) in [5, 5.41) is 0.586. The van der Waals surface area contributed by atoms with Crippen LogP contribution in [0.3, 0.4) is 0 Å². The lowest BCUT2D eigenvalue weighted by atomic mass is 10.2. The molecule has 0 amide bonds. The molecule has 2 nitrogen and oxygen atoms in total. The van der Waals surface area contributed by atoms with Gasteiger partial charge in [0, 0.05) is 12.3 Å². The number of hydrogen-bond donors (Lipinski definition) is 0. The van der Waals surface area contributed by atoms with Gasteiger partial charge in [-0.25, -0.2) is 0 Å². The van der Waals surface area contributed by atoms with Crippen molar-refractivity contribution in [3.63, 3.8) is 0 Å². The molecule has 0 saturated carbocycles. The molecule has 1 aliphatic carbocycles. The molecule has 14 heavy (non-hydrogen) atoms. The van der Waals surface area contributed by atoms with Crippen LogP contribution >= 0.6 is 11.6 Å². The van der Waals surface area contributed by atoms with Gasteiger partial charge in [0.05, 0.1) is 11.2 Å². The fourth-order valence-corrected chi connectivity index (χ4v) is 1.41. The van der Waals surface area contributed by atoms with Crippen molar-refractivity contribution in [2.45, 2.75) is 12.8 Å². The number of halogens is 1. The van der Waals surface area contributed by atoms with Crippen LogP contribution in [0.4, 0.5) is 0 Å². The molecule has 1 heterocycles. The highest BCUT2D eigenvalue weighted by molar-refractivity contribution is 6.30. The Kier molecular flexibility index (Phi) is 2.84. The van der Waals surface area contributed by atoms with E-state index in [-0.39, 0.29) is 0 Å². The van der Waals surface area contributed by atoms with Gasteiger partial charge in [0.2, 0.25) is 0 Å². The average Bonchev–Trinajstić information content (AvgIpc) is 2.19. The average molecular weight is 208 g/mol. The Hall–Kier alpha value is -1.28. The molecule has 1 aromatic heterocycles. The summed E-state index contributed by atoms with van der Waals surface area (Å²) in [6.07, 6.45) is 11.5. The first-order chi connectivity index (χ1) is 6.84. The van der Waals surface area contributed by atoms with Crippen LogP contribution in [0.5, 0.6) is 5.75 Å². The Labute approximate surface area is 87.9 Å². The maximum atomic E-state index is 5.78. The Bertz CT molecular complexity index is 385. The van der Waals surface area contributed by atoms with Gasteiger partial charge >= 0.3 is 0 Å². The lowest BCUT2D eigenvalue weighted by molar-refractivity contribution is 0.437. The summed E-state index contributed by atoms with van der Waals surface area (Å²) in [5.41, 5.74) is 0. The third-order valence-electron chi connectivity index (χ3n) is 1.88. The molecule has 0 aliphatic heterocycles. The first-order valence-corrected chi connectivity index (χ1v) is 4.87. The molecular weight excluding hydrogens is 198 g/mol. The molecule has 0 atom stereocenters. The summed E-state index contributed by atoms with van der Waals surface area (Å²) in [6, 6.07) is 1.75. The molecule has 1 aliphatic rings. The lowest BCUT2D eigenvalue weighted by Crippen LogP contribution is -1.95. The normalized spacial score (nSPS) is 15.1. The van der Waals surface area contributed by atoms with Crippen molar-refractivity contribution in [2.75, 3.05) is 0 Å². The van der Waals surface area contributed by atoms with Crippen molar-refractivity contribution < 1.29 is 4.74 Å². The van der Waals surface area contributed by atoms with Crippen LogP contribution in [0, 0.1) is 0 Å². The van der Waals surface area contributed by atoms with Gasteiger partial charge in [-0.1, -0.05) is 17.7 Å². The summed E-state index contributed by atoms with van der Waals surface area (Å²) < 4.78 is 5.56. The van der Waals surface area contributed by atoms with Gasteiger partial charge in [0.25, 0.3) is 0 Å². The van der Waals surface area contributed by atoms with Gasteiger partial charge in [-0.3, -0.25) is 4.98 Å². The first-order valence-electron chi connectivity index (χ1n) is 4.50. The van der Waals surface area contributed by atoms with Gasteiger partial charge < -0.3 is 4.74 Å². The van der Waals surface area contributed by atoms with Gasteiger partial charge in [0.1, 0.15) is 11.5 Å². The predicted molar refractivity (Wildman–Crippen MR) is 56.3 cm³/mol. The molecule has 72 valence electrons. The highest BCUT2D eigenvalue weighted by Gasteiger charge is 2.01. The summed E-state index contributed by atoms with van der Waals surface area (Å²) in [5.74, 6) is 1.54. The van der Waals surface area contributed by atoms with Crippen molar-refractivity contribution in [1.82, 2.24) is 4.98 Å². The first kappa shape index (κ1) is 9.28. The van der Waals surface area contributed by atoms with Crippen molar-refractivity contribution in [3.05, 3.63) is 47.5 Å². The number of hydrogen-bond acceptors (Lipinski definition) is 2. The molecule has 0 radical (unpaired) electrons. The van der Waals surface area contributed by atoms with E-state index in [2.05, 4.69) is 17.1 Å². The molecule has 0 spiro atoms. The van der Waals surface area contributed by atoms with E-state index >= 15 is 0 Å². The van der Waals surface area contributed by atoms with Gasteiger partial charge in [-0.05, 0) is 25.0 Å². The summed E-state index contributed by atoms with van der Waals surface area (Å²) in [6.45, 7) is 0. The molecule has 0 saturated heterocycles. The van der Waals surface area contributed by atoms with E-state index in [0.717, 1.165) is 18.6 Å². The van der Waals surface area contributed by atoms with Crippen molar-refractivity contribution in [1.29, 1.82) is 0 Å². The largest absolute Gasteiger partial charge is 0.456 e. The predicted octanol–water partition coefficient (Wildman–Crippen LogP) is 3.35. The fraction of sp³-hybridized carbons (Fsp3) is 0.182. The lowest BCUT2D eigenvalue weighted by Gasteiger charge is -2.08. The van der Waals surface area contributed by atoms with Crippen LogP contribution in [0.25, 0.3) is 0 Å². The minimum absolute atomic E-state index is 0.586. The Balaban J connectivity index is 2.10. The zero-order chi connectivity index (χ0) is 9.80. The molecule has 0 aromatic carbocycles. The molecule has 3 heteroatoms. The Morgan fingerprint density at radius 1 is 1.29 bits per heavy atom. The van der Waals surface area contributed by atoms with Crippen LogP contribution < -0.4 is 4.74 Å². The molecule has 1 aromatic rings. The van der Waals surface area contributed by atoms with Crippen LogP contribution in [0.2, 0.25) is 5.02 Å². The summed E-state index contributed by atoms with van der Waals surface area (Å²) in [7, 11) is 0. The zero-order valence-corrected chi connectivity index (χ0v) is 8.37. The topological polar surface area (TPSA) is 22.1 Å². The quantitative estimate of drug-likeness (QED) is 0.742. The van der Waals surface area contributed by atoms with Crippen LogP contribution in [-0.2, 0) is 0 Å². The van der Waals surface area contributed by atoms with Crippen LogP contribution in [0.15, 0.2) is 42.4 Å². The number of aromatic nitrogens is 1. The van der Waals surface area contributed by atoms with Crippen LogP contribution in [-0.4, -0.2) is 4.98 Å². The summed E-state index contributed by atoms with van der Waals surface area (Å²) in [4.78, 5) is 3.94. The van der Waals surface area contributed by atoms with E-state index in [9.17, 15) is 0 Å². The number of pyridine rings is 1. The minimum Gasteiger partial charge on any atom is -0.456 e. The van der Waals surface area contributed by atoms with E-state index in [1.165, 1.54) is 0 Å². The second kappa shape index (κ2) is 4.29. The van der Waals surface area contributed by atoms with Crippen molar-refractivity contribution in [3.8, 4) is 5.75 Å². The standard InChI is InChI=1S/C11H10ClNO/c12-9-6-11(8-13-7-9)14-10-4-2-1-3-5-10/h2,4-8H,1,3H2. The molecular formula is C11H10ClNO. The molecule has 0 unspecified atom stereocenters. The Morgan fingerprint density at radius 3 is 2.93 bits per heavy atom. The number of nitrogens with zero attached hydrogens (tertiary/aromatic N) is 1. The minimum atomic E-state index is 0.586. The smallest absolute Gasteiger partial charge is 0.147 e. The molecule has 0 fully saturated rings. The molecule has 0 bridgehead atoms. The maximum Gasteiger partial charge on any atom is 0.147 e. The van der Waals surface area contributed by atoms with E-state index in [1.807, 2.05) is 6.08 Å². The van der Waals surface area contributed by atoms with Crippen LogP contribution in [0.1, 0.15) is 12.8 Å². The second-order valence-electron chi connectivity index (χ2n) is 3.03. The van der Waals surface area contributed by atoms with E-state index in [0.29, 0.717) is 10.8 Å². The highest BCUT2D eigenvalue weighted by atomic mass is 35.5. The highest BCUT2D eigenvalue weighted by Crippen LogP contribution is 2.19. The summed E-state index contributed by atoms with van der Waals surface area (Å²) >= 11 is 5.78. The third-order valence-corrected chi connectivity index (χ3v) is 2.08. The van der Waals surface area contributed by atoms with Gasteiger partial charge in [0.15, 0.2) is 0 Å². The second-order valence-corrected chi connectivity index (χ2v) is 3.46. The van der Waals surface area contributed by atoms with Gasteiger partial charge in [-0.2, -0.15) is 0 Å². The van der Waals surface area contributed by atoms with E-state index < -0.39 is 0 Å². The van der Waals surface area contributed by atoms with Gasteiger partial charge in [-0.15, -0.1) is 0 Å². The molecule has 2 rings (SSSR count). The Morgan fingerprint density at radius 2 is 2.21 bits per heavy atom. The number of allylic oxidation sites excluding steroid dienone is 3. The van der Waals surface area contributed by atoms with Crippen molar-refractivity contribution >= 4 is 11.6 Å². The van der Waals surface area contributed by atoms with E-state index in [4.69, 9.17) is 16.3 Å². The molecule has 0 N–H and O–H groups in total. The van der Waals surface area contributed by atoms with Crippen molar-refractivity contribution in [2.24, 2.45) is 0 Å². The zero-order valence-electron chi connectivity index (χ0n) is 7.61. The fourth-order valence-electron chi connectivity index (χ4n) is 1.25. The number of ether oxygens (including phenoxy) is 1. The maximum absolute atomic E-state index is 5.78. The monoisotopic (exact) mass is 207 g/mol.